The van der Waals surface area contributed by atoms with Crippen molar-refractivity contribution in [1.29, 1.82) is 0 Å². The van der Waals surface area contributed by atoms with E-state index in [2.05, 4.69) is 13.8 Å². The van der Waals surface area contributed by atoms with E-state index in [1.165, 1.54) is 19.3 Å². The van der Waals surface area contributed by atoms with E-state index in [0.717, 1.165) is 17.7 Å². The van der Waals surface area contributed by atoms with E-state index in [4.69, 9.17) is 10.5 Å². The topological polar surface area (TPSA) is 52.3 Å². The number of carbonyl (C=O) groups excluding carboxylic acids is 1. The minimum Gasteiger partial charge on any atom is -0.491 e. The molecule has 1 rings (SSSR count). The predicted molar refractivity (Wildman–Crippen MR) is 82.9 cm³/mol. The van der Waals surface area contributed by atoms with E-state index in [9.17, 15) is 4.79 Å². The number of amides is 1. The summed E-state index contributed by atoms with van der Waals surface area (Å²) in [6, 6.07) is 7.66. The maximum absolute atomic E-state index is 11.4. The average Bonchev–Trinajstić information content (AvgIpc) is 2.39. The summed E-state index contributed by atoms with van der Waals surface area (Å²) in [5, 5.41) is 0. The molecule has 3 heteroatoms. The highest BCUT2D eigenvalue weighted by Crippen LogP contribution is 2.25. The van der Waals surface area contributed by atoms with E-state index >= 15 is 0 Å². The van der Waals surface area contributed by atoms with E-state index in [1.807, 2.05) is 38.1 Å². The second-order valence-corrected chi connectivity index (χ2v) is 5.94. The van der Waals surface area contributed by atoms with Crippen molar-refractivity contribution in [3.05, 3.63) is 29.8 Å². The molecule has 20 heavy (non-hydrogen) atoms. The Kier molecular flexibility index (Phi) is 6.05. The van der Waals surface area contributed by atoms with Gasteiger partial charge in [0.05, 0.1) is 11.5 Å². The lowest BCUT2D eigenvalue weighted by Gasteiger charge is -2.21. The van der Waals surface area contributed by atoms with E-state index in [-0.39, 0.29) is 12.0 Å². The fourth-order valence-electron chi connectivity index (χ4n) is 2.07. The Morgan fingerprint density at radius 2 is 1.85 bits per heavy atom. The van der Waals surface area contributed by atoms with Crippen LogP contribution in [0.4, 0.5) is 0 Å². The molecule has 0 fully saturated rings. The van der Waals surface area contributed by atoms with Crippen LogP contribution in [0.1, 0.15) is 58.9 Å². The van der Waals surface area contributed by atoms with Gasteiger partial charge >= 0.3 is 0 Å². The highest BCUT2D eigenvalue weighted by Gasteiger charge is 2.27. The molecule has 1 atom stereocenters. The number of benzene rings is 1. The molecule has 0 aliphatic carbocycles. The fraction of sp³-hybridized carbons (Fsp3) is 0.588. The van der Waals surface area contributed by atoms with Gasteiger partial charge in [-0.05, 0) is 51.3 Å². The van der Waals surface area contributed by atoms with Crippen molar-refractivity contribution in [3.63, 3.8) is 0 Å². The molecule has 0 aromatic heterocycles. The highest BCUT2D eigenvalue weighted by atomic mass is 16.5. The molecular weight excluding hydrogens is 250 g/mol. The van der Waals surface area contributed by atoms with Crippen molar-refractivity contribution in [2.75, 3.05) is 0 Å². The zero-order chi connectivity index (χ0) is 15.2. The van der Waals surface area contributed by atoms with Crippen LogP contribution in [0, 0.1) is 0 Å². The van der Waals surface area contributed by atoms with E-state index in [0.29, 0.717) is 0 Å². The zero-order valence-electron chi connectivity index (χ0n) is 13.1. The van der Waals surface area contributed by atoms with Gasteiger partial charge in [0.2, 0.25) is 5.91 Å². The van der Waals surface area contributed by atoms with E-state index in [1.54, 1.807) is 0 Å². The van der Waals surface area contributed by atoms with Gasteiger partial charge in [0.25, 0.3) is 0 Å². The third kappa shape index (κ3) is 4.55. The van der Waals surface area contributed by atoms with Gasteiger partial charge in [-0.3, -0.25) is 4.79 Å². The summed E-state index contributed by atoms with van der Waals surface area (Å²) in [6.45, 7) is 7.96. The first kappa shape index (κ1) is 16.5. The number of primary amides is 1. The molecule has 0 spiro atoms. The van der Waals surface area contributed by atoms with Crippen molar-refractivity contribution >= 4 is 5.91 Å². The molecule has 0 saturated heterocycles. The molecule has 0 aliphatic heterocycles. The van der Waals surface area contributed by atoms with Crippen LogP contribution in [0.5, 0.6) is 5.75 Å². The van der Waals surface area contributed by atoms with Crippen LogP contribution >= 0.6 is 0 Å². The standard InChI is InChI=1S/C17H27NO2/c1-5-6-7-8-13(2)20-15-11-9-14(10-12-15)17(3,4)16(18)19/h9-13H,5-8H2,1-4H3,(H2,18,19). The van der Waals surface area contributed by atoms with Crippen molar-refractivity contribution < 1.29 is 9.53 Å². The quantitative estimate of drug-likeness (QED) is 0.735. The van der Waals surface area contributed by atoms with Crippen LogP contribution < -0.4 is 10.5 Å². The van der Waals surface area contributed by atoms with Crippen LogP contribution in [0.25, 0.3) is 0 Å². The summed E-state index contributed by atoms with van der Waals surface area (Å²) in [5.74, 6) is 0.525. The molecule has 112 valence electrons. The number of nitrogens with two attached hydrogens (primary N) is 1. The van der Waals surface area contributed by atoms with Crippen molar-refractivity contribution in [3.8, 4) is 5.75 Å². The van der Waals surface area contributed by atoms with Gasteiger partial charge in [0, 0.05) is 0 Å². The van der Waals surface area contributed by atoms with Crippen LogP contribution in [-0.4, -0.2) is 12.0 Å². The molecule has 0 saturated carbocycles. The third-order valence-corrected chi connectivity index (χ3v) is 3.74. The number of hydrogen-bond donors (Lipinski definition) is 1. The smallest absolute Gasteiger partial charge is 0.227 e. The molecule has 2 N–H and O–H groups in total. The van der Waals surface area contributed by atoms with Crippen LogP contribution in [0.3, 0.4) is 0 Å². The largest absolute Gasteiger partial charge is 0.491 e. The Hall–Kier alpha value is -1.51. The van der Waals surface area contributed by atoms with Gasteiger partial charge < -0.3 is 10.5 Å². The molecule has 0 radical (unpaired) electrons. The second-order valence-electron chi connectivity index (χ2n) is 5.94. The second kappa shape index (κ2) is 7.32. The lowest BCUT2D eigenvalue weighted by atomic mass is 9.84. The Bertz CT molecular complexity index is 423. The maximum Gasteiger partial charge on any atom is 0.227 e. The Balaban J connectivity index is 2.61. The normalized spacial score (nSPS) is 13.0. The van der Waals surface area contributed by atoms with Gasteiger partial charge in [-0.15, -0.1) is 0 Å². The number of carbonyl (C=O) groups is 1. The van der Waals surface area contributed by atoms with Crippen molar-refractivity contribution in [2.24, 2.45) is 5.73 Å². The number of rotatable bonds is 8. The molecule has 0 bridgehead atoms. The highest BCUT2D eigenvalue weighted by molar-refractivity contribution is 5.85. The fourth-order valence-corrected chi connectivity index (χ4v) is 2.07. The lowest BCUT2D eigenvalue weighted by Crippen LogP contribution is -2.35. The van der Waals surface area contributed by atoms with Gasteiger partial charge in [0.15, 0.2) is 0 Å². The first-order valence-electron chi connectivity index (χ1n) is 7.45. The summed E-state index contributed by atoms with van der Waals surface area (Å²) in [5.41, 5.74) is 5.68. The maximum atomic E-state index is 11.4. The Morgan fingerprint density at radius 3 is 2.35 bits per heavy atom. The molecule has 3 nitrogen and oxygen atoms in total. The molecule has 0 heterocycles. The number of unbranched alkanes of at least 4 members (excludes halogenated alkanes) is 2. The average molecular weight is 277 g/mol. The summed E-state index contributed by atoms with van der Waals surface area (Å²) in [7, 11) is 0. The van der Waals surface area contributed by atoms with Crippen LogP contribution in [0.15, 0.2) is 24.3 Å². The van der Waals surface area contributed by atoms with E-state index < -0.39 is 5.41 Å². The minimum absolute atomic E-state index is 0.219. The van der Waals surface area contributed by atoms with Gasteiger partial charge in [0.1, 0.15) is 5.75 Å². The zero-order valence-corrected chi connectivity index (χ0v) is 13.1. The first-order chi connectivity index (χ1) is 9.37. The molecular formula is C17H27NO2. The van der Waals surface area contributed by atoms with Crippen LogP contribution in [-0.2, 0) is 10.2 Å². The van der Waals surface area contributed by atoms with Gasteiger partial charge in [-0.2, -0.15) is 0 Å². The van der Waals surface area contributed by atoms with Gasteiger partial charge in [-0.1, -0.05) is 31.9 Å². The summed E-state index contributed by atoms with van der Waals surface area (Å²) in [4.78, 5) is 11.4. The van der Waals surface area contributed by atoms with Crippen molar-refractivity contribution in [2.45, 2.75) is 64.9 Å². The lowest BCUT2D eigenvalue weighted by molar-refractivity contribution is -0.122. The molecule has 0 aliphatic rings. The van der Waals surface area contributed by atoms with Crippen molar-refractivity contribution in [1.82, 2.24) is 0 Å². The third-order valence-electron chi connectivity index (χ3n) is 3.74. The summed E-state index contributed by atoms with van der Waals surface area (Å²) in [6.07, 6.45) is 4.96. The number of hydrogen-bond acceptors (Lipinski definition) is 2. The molecule has 1 amide bonds. The predicted octanol–water partition coefficient (Wildman–Crippen LogP) is 3.80. The SMILES string of the molecule is CCCCCC(C)Oc1ccc(C(C)(C)C(N)=O)cc1. The Morgan fingerprint density at radius 1 is 1.25 bits per heavy atom. The number of ether oxygens (including phenoxy) is 1. The molecule has 1 unspecified atom stereocenters. The molecule has 1 aromatic rings. The summed E-state index contributed by atoms with van der Waals surface area (Å²) >= 11 is 0. The van der Waals surface area contributed by atoms with Crippen LogP contribution in [0.2, 0.25) is 0 Å². The Labute approximate surface area is 122 Å². The molecule has 1 aromatic carbocycles. The summed E-state index contributed by atoms with van der Waals surface area (Å²) < 4.78 is 5.87. The van der Waals surface area contributed by atoms with Gasteiger partial charge in [-0.25, -0.2) is 0 Å². The first-order valence-corrected chi connectivity index (χ1v) is 7.45. The minimum atomic E-state index is -0.648. The monoisotopic (exact) mass is 277 g/mol.